The molecule has 0 aromatic carbocycles. The second-order valence-corrected chi connectivity index (χ2v) is 9.30. The van der Waals surface area contributed by atoms with Gasteiger partial charge >= 0.3 is 0 Å². The van der Waals surface area contributed by atoms with Crippen molar-refractivity contribution in [3.05, 3.63) is 0 Å². The molecular formula is C20H40N2. The molecule has 22 heavy (non-hydrogen) atoms. The molecule has 0 aromatic rings. The van der Waals surface area contributed by atoms with Crippen molar-refractivity contribution in [1.29, 1.82) is 0 Å². The Morgan fingerprint density at radius 1 is 0.955 bits per heavy atom. The average molecular weight is 309 g/mol. The van der Waals surface area contributed by atoms with Gasteiger partial charge in [-0.25, -0.2) is 0 Å². The Labute approximate surface area is 139 Å². The Bertz CT molecular complexity index is 301. The van der Waals surface area contributed by atoms with Gasteiger partial charge < -0.3 is 9.80 Å². The number of hydrogen-bond acceptors (Lipinski definition) is 2. The molecule has 130 valence electrons. The maximum absolute atomic E-state index is 2.72. The number of piperidine rings is 1. The monoisotopic (exact) mass is 308 g/mol. The Hall–Kier alpha value is -0.0800. The average Bonchev–Trinajstić information content (AvgIpc) is 2.91. The van der Waals surface area contributed by atoms with E-state index in [4.69, 9.17) is 0 Å². The van der Waals surface area contributed by atoms with Gasteiger partial charge in [-0.3, -0.25) is 0 Å². The lowest BCUT2D eigenvalue weighted by Gasteiger charge is -2.28. The molecule has 0 bridgehead atoms. The first kappa shape index (κ1) is 18.3. The van der Waals surface area contributed by atoms with Gasteiger partial charge in [0.2, 0.25) is 0 Å². The molecule has 0 spiro atoms. The normalized spacial score (nSPS) is 26.5. The van der Waals surface area contributed by atoms with Crippen LogP contribution in [0.4, 0.5) is 0 Å². The molecule has 0 aromatic heterocycles. The van der Waals surface area contributed by atoms with Gasteiger partial charge in [0.15, 0.2) is 0 Å². The Balaban J connectivity index is 1.58. The van der Waals surface area contributed by atoms with E-state index < -0.39 is 0 Å². The predicted octanol–water partition coefficient (Wildman–Crippen LogP) is 4.65. The third kappa shape index (κ3) is 7.00. The highest BCUT2D eigenvalue weighted by Crippen LogP contribution is 2.27. The summed E-state index contributed by atoms with van der Waals surface area (Å²) in [5.74, 6) is 1.88. The van der Waals surface area contributed by atoms with Crippen LogP contribution in [0.1, 0.15) is 72.6 Å². The minimum Gasteiger partial charge on any atom is -0.303 e. The molecule has 0 N–H and O–H groups in total. The maximum Gasteiger partial charge on any atom is 0.00102 e. The van der Waals surface area contributed by atoms with Gasteiger partial charge in [-0.15, -0.1) is 0 Å². The molecule has 2 fully saturated rings. The highest BCUT2D eigenvalue weighted by atomic mass is 15.1. The molecule has 0 amide bonds. The first-order valence-electron chi connectivity index (χ1n) is 9.87. The molecule has 2 saturated heterocycles. The lowest BCUT2D eigenvalue weighted by atomic mass is 9.91. The van der Waals surface area contributed by atoms with Crippen LogP contribution in [0.5, 0.6) is 0 Å². The van der Waals surface area contributed by atoms with E-state index in [-0.39, 0.29) is 0 Å². The molecule has 2 heteroatoms. The van der Waals surface area contributed by atoms with Crippen molar-refractivity contribution >= 4 is 0 Å². The number of nitrogens with zero attached hydrogens (tertiary/aromatic N) is 2. The van der Waals surface area contributed by atoms with Crippen molar-refractivity contribution in [2.45, 2.75) is 72.6 Å². The highest BCUT2D eigenvalue weighted by molar-refractivity contribution is 4.79. The fraction of sp³-hybridized carbons (Fsp3) is 1.00. The van der Waals surface area contributed by atoms with Crippen molar-refractivity contribution in [3.63, 3.8) is 0 Å². The SMILES string of the molecule is CC(CCN1CCCCC1)CC1CCN(CCC(C)(C)C)C1. The van der Waals surface area contributed by atoms with Crippen molar-refractivity contribution in [2.75, 3.05) is 39.3 Å². The standard InChI is InChI=1S/C20H40N2/c1-18(8-13-21-11-6-5-7-12-21)16-19-9-14-22(17-19)15-10-20(2,3)4/h18-19H,5-17H2,1-4H3. The summed E-state index contributed by atoms with van der Waals surface area (Å²) in [6, 6.07) is 0. The van der Waals surface area contributed by atoms with E-state index in [1.807, 2.05) is 0 Å². The van der Waals surface area contributed by atoms with Gasteiger partial charge in [-0.05, 0) is 88.5 Å². The lowest BCUT2D eigenvalue weighted by molar-refractivity contribution is 0.207. The van der Waals surface area contributed by atoms with Crippen LogP contribution in [0.15, 0.2) is 0 Å². The number of likely N-dealkylation sites (tertiary alicyclic amines) is 2. The summed E-state index contributed by atoms with van der Waals surface area (Å²) in [5.41, 5.74) is 0.486. The van der Waals surface area contributed by atoms with Crippen LogP contribution in [0.2, 0.25) is 0 Å². The Morgan fingerprint density at radius 3 is 2.36 bits per heavy atom. The minimum absolute atomic E-state index is 0.486. The summed E-state index contributed by atoms with van der Waals surface area (Å²) in [6.45, 7) is 17.7. The molecule has 2 aliphatic heterocycles. The topological polar surface area (TPSA) is 6.48 Å². The second kappa shape index (κ2) is 8.68. The van der Waals surface area contributed by atoms with E-state index >= 15 is 0 Å². The molecule has 2 aliphatic rings. The van der Waals surface area contributed by atoms with E-state index in [0.717, 1.165) is 11.8 Å². The first-order chi connectivity index (χ1) is 10.4. The summed E-state index contributed by atoms with van der Waals surface area (Å²) in [7, 11) is 0. The molecule has 2 atom stereocenters. The zero-order chi connectivity index (χ0) is 16.0. The second-order valence-electron chi connectivity index (χ2n) is 9.30. The molecule has 2 unspecified atom stereocenters. The molecule has 0 saturated carbocycles. The summed E-state index contributed by atoms with van der Waals surface area (Å²) < 4.78 is 0. The number of rotatable bonds is 7. The van der Waals surface area contributed by atoms with Crippen molar-refractivity contribution in [3.8, 4) is 0 Å². The molecule has 0 aliphatic carbocycles. The van der Waals surface area contributed by atoms with Crippen LogP contribution in [-0.4, -0.2) is 49.1 Å². The Morgan fingerprint density at radius 2 is 1.68 bits per heavy atom. The van der Waals surface area contributed by atoms with Crippen molar-refractivity contribution in [2.24, 2.45) is 17.3 Å². The maximum atomic E-state index is 2.72. The van der Waals surface area contributed by atoms with Gasteiger partial charge in [0.05, 0.1) is 0 Å². The zero-order valence-electron chi connectivity index (χ0n) is 15.7. The molecule has 2 rings (SSSR count). The van der Waals surface area contributed by atoms with E-state index in [1.165, 1.54) is 84.2 Å². The third-order valence-corrected chi connectivity index (χ3v) is 5.67. The van der Waals surface area contributed by atoms with Gasteiger partial charge in [0, 0.05) is 6.54 Å². The highest BCUT2D eigenvalue weighted by Gasteiger charge is 2.25. The predicted molar refractivity (Wildman–Crippen MR) is 97.3 cm³/mol. The van der Waals surface area contributed by atoms with Crippen molar-refractivity contribution in [1.82, 2.24) is 9.80 Å². The fourth-order valence-corrected chi connectivity index (χ4v) is 4.07. The fourth-order valence-electron chi connectivity index (χ4n) is 4.07. The van der Waals surface area contributed by atoms with E-state index in [0.29, 0.717) is 5.41 Å². The third-order valence-electron chi connectivity index (χ3n) is 5.67. The lowest BCUT2D eigenvalue weighted by Crippen LogP contribution is -2.31. The van der Waals surface area contributed by atoms with Gasteiger partial charge in [-0.2, -0.15) is 0 Å². The summed E-state index contributed by atoms with van der Waals surface area (Å²) >= 11 is 0. The smallest absolute Gasteiger partial charge is 0.00102 e. The van der Waals surface area contributed by atoms with Gasteiger partial charge in [0.1, 0.15) is 0 Å². The molecule has 2 heterocycles. The summed E-state index contributed by atoms with van der Waals surface area (Å²) in [5, 5.41) is 0. The largest absolute Gasteiger partial charge is 0.303 e. The van der Waals surface area contributed by atoms with Gasteiger partial charge in [0.25, 0.3) is 0 Å². The van der Waals surface area contributed by atoms with E-state index in [9.17, 15) is 0 Å². The Kier molecular flexibility index (Phi) is 7.21. The molecule has 0 radical (unpaired) electrons. The minimum atomic E-state index is 0.486. The van der Waals surface area contributed by atoms with Crippen LogP contribution in [0, 0.1) is 17.3 Å². The van der Waals surface area contributed by atoms with Gasteiger partial charge in [-0.1, -0.05) is 34.1 Å². The summed E-state index contributed by atoms with van der Waals surface area (Å²) in [4.78, 5) is 5.41. The molecule has 2 nitrogen and oxygen atoms in total. The van der Waals surface area contributed by atoms with E-state index in [2.05, 4.69) is 37.5 Å². The van der Waals surface area contributed by atoms with Crippen LogP contribution in [0.25, 0.3) is 0 Å². The van der Waals surface area contributed by atoms with Crippen LogP contribution < -0.4 is 0 Å². The quantitative estimate of drug-likeness (QED) is 0.675. The summed E-state index contributed by atoms with van der Waals surface area (Å²) in [6.07, 6.45) is 9.97. The zero-order valence-corrected chi connectivity index (χ0v) is 15.7. The van der Waals surface area contributed by atoms with Crippen LogP contribution in [0.3, 0.4) is 0 Å². The molecular weight excluding hydrogens is 268 g/mol. The number of hydrogen-bond donors (Lipinski definition) is 0. The van der Waals surface area contributed by atoms with Crippen LogP contribution in [-0.2, 0) is 0 Å². The first-order valence-corrected chi connectivity index (χ1v) is 9.87. The van der Waals surface area contributed by atoms with Crippen LogP contribution >= 0.6 is 0 Å². The van der Waals surface area contributed by atoms with E-state index in [1.54, 1.807) is 0 Å². The van der Waals surface area contributed by atoms with Crippen molar-refractivity contribution < 1.29 is 0 Å².